The molecule has 2 atom stereocenters. The zero-order chi connectivity index (χ0) is 19.7. The lowest BCUT2D eigenvalue weighted by molar-refractivity contribution is -0.134. The van der Waals surface area contributed by atoms with Crippen molar-refractivity contribution >= 4 is 23.6 Å². The number of rotatable bonds is 6. The molecule has 1 aromatic heterocycles. The number of thioether (sulfide) groups is 1. The van der Waals surface area contributed by atoms with Gasteiger partial charge in [0.1, 0.15) is 5.82 Å². The average molecular weight is 400 g/mol. The third-order valence-corrected chi connectivity index (χ3v) is 6.41. The topological polar surface area (TPSA) is 94.1 Å². The van der Waals surface area contributed by atoms with Crippen LogP contribution >= 0.6 is 11.8 Å². The molecule has 2 aromatic rings. The first-order valence-corrected chi connectivity index (χ1v) is 10.7. The number of hydrogen-bond acceptors (Lipinski definition) is 5. The van der Waals surface area contributed by atoms with Gasteiger partial charge in [0.25, 0.3) is 0 Å². The number of para-hydroxylation sites is 1. The summed E-state index contributed by atoms with van der Waals surface area (Å²) in [6.45, 7) is 2.98. The van der Waals surface area contributed by atoms with Crippen LogP contribution in [-0.4, -0.2) is 49.8 Å². The van der Waals surface area contributed by atoms with E-state index in [0.717, 1.165) is 42.4 Å². The second-order valence-electron chi connectivity index (χ2n) is 7.57. The number of piperidine rings is 1. The van der Waals surface area contributed by atoms with Crippen LogP contribution in [-0.2, 0) is 9.59 Å². The van der Waals surface area contributed by atoms with E-state index in [1.807, 2.05) is 37.3 Å². The van der Waals surface area contributed by atoms with Crippen molar-refractivity contribution < 1.29 is 9.59 Å². The Morgan fingerprint density at radius 3 is 2.61 bits per heavy atom. The van der Waals surface area contributed by atoms with Gasteiger partial charge in [-0.1, -0.05) is 30.0 Å². The minimum absolute atomic E-state index is 0.0199. The van der Waals surface area contributed by atoms with Gasteiger partial charge >= 0.3 is 0 Å². The number of aromatic nitrogens is 3. The van der Waals surface area contributed by atoms with Crippen molar-refractivity contribution in [3.05, 3.63) is 36.2 Å². The molecule has 2 fully saturated rings. The number of nitrogens with two attached hydrogens (primary N) is 1. The fourth-order valence-corrected chi connectivity index (χ4v) is 4.62. The van der Waals surface area contributed by atoms with Crippen molar-refractivity contribution in [2.45, 2.75) is 48.9 Å². The number of hydrogen-bond donors (Lipinski definition) is 1. The Morgan fingerprint density at radius 2 is 1.93 bits per heavy atom. The molecule has 2 aliphatic rings. The zero-order valence-corrected chi connectivity index (χ0v) is 16.8. The maximum absolute atomic E-state index is 13.0. The van der Waals surface area contributed by atoms with Gasteiger partial charge in [0.05, 0.1) is 11.2 Å². The molecule has 0 spiro atoms. The number of carbonyl (C=O) groups is 2. The fourth-order valence-electron chi connectivity index (χ4n) is 3.66. The van der Waals surface area contributed by atoms with Gasteiger partial charge in [0.15, 0.2) is 5.16 Å². The van der Waals surface area contributed by atoms with Crippen LogP contribution in [0.1, 0.15) is 44.3 Å². The van der Waals surface area contributed by atoms with Gasteiger partial charge in [-0.15, -0.1) is 10.2 Å². The van der Waals surface area contributed by atoms with Crippen molar-refractivity contribution in [3.63, 3.8) is 0 Å². The molecule has 8 heteroatoms. The Morgan fingerprint density at radius 1 is 1.18 bits per heavy atom. The highest BCUT2D eigenvalue weighted by atomic mass is 32.2. The summed E-state index contributed by atoms with van der Waals surface area (Å²) in [6.07, 6.45) is 3.83. The van der Waals surface area contributed by atoms with E-state index in [1.54, 1.807) is 4.90 Å². The molecular formula is C20H25N5O2S. The first kappa shape index (κ1) is 19.0. The Hall–Kier alpha value is -2.35. The van der Waals surface area contributed by atoms with Crippen LogP contribution in [0.25, 0.3) is 5.69 Å². The van der Waals surface area contributed by atoms with E-state index in [-0.39, 0.29) is 23.0 Å². The van der Waals surface area contributed by atoms with Gasteiger partial charge in [0.2, 0.25) is 11.8 Å². The van der Waals surface area contributed by atoms with Gasteiger partial charge in [0, 0.05) is 24.7 Å². The van der Waals surface area contributed by atoms with E-state index >= 15 is 0 Å². The maximum Gasteiger partial charge on any atom is 0.235 e. The molecule has 0 bridgehead atoms. The quantitative estimate of drug-likeness (QED) is 0.753. The third kappa shape index (κ3) is 3.92. The smallest absolute Gasteiger partial charge is 0.235 e. The minimum atomic E-state index is -0.323. The summed E-state index contributed by atoms with van der Waals surface area (Å²) in [6, 6.07) is 10.0. The largest absolute Gasteiger partial charge is 0.369 e. The van der Waals surface area contributed by atoms with Crippen molar-refractivity contribution in [1.29, 1.82) is 0 Å². The van der Waals surface area contributed by atoms with Crippen LogP contribution in [0.5, 0.6) is 0 Å². The van der Waals surface area contributed by atoms with Gasteiger partial charge < -0.3 is 10.6 Å². The Bertz CT molecular complexity index is 865. The summed E-state index contributed by atoms with van der Waals surface area (Å²) in [7, 11) is 0. The molecule has 1 saturated carbocycles. The first-order valence-electron chi connectivity index (χ1n) is 9.80. The van der Waals surface area contributed by atoms with Gasteiger partial charge in [-0.3, -0.25) is 14.2 Å². The van der Waals surface area contributed by atoms with Crippen molar-refractivity contribution in [3.8, 4) is 5.69 Å². The highest BCUT2D eigenvalue weighted by molar-refractivity contribution is 8.00. The summed E-state index contributed by atoms with van der Waals surface area (Å²) >= 11 is 1.42. The Labute approximate surface area is 168 Å². The number of benzene rings is 1. The van der Waals surface area contributed by atoms with Crippen LogP contribution in [0.2, 0.25) is 0 Å². The minimum Gasteiger partial charge on any atom is -0.369 e. The molecule has 2 amide bonds. The van der Waals surface area contributed by atoms with E-state index in [9.17, 15) is 9.59 Å². The molecule has 1 aromatic carbocycles. The SMILES string of the molecule is CC(Sc1nnc(C2CC2)n1-c1ccccc1)C(=O)N1CCCC(C(N)=O)C1. The molecule has 1 saturated heterocycles. The molecule has 1 aliphatic carbocycles. The lowest BCUT2D eigenvalue weighted by atomic mass is 9.97. The highest BCUT2D eigenvalue weighted by Crippen LogP contribution is 2.41. The van der Waals surface area contributed by atoms with Crippen LogP contribution in [0.4, 0.5) is 0 Å². The number of amides is 2. The van der Waals surface area contributed by atoms with Crippen LogP contribution < -0.4 is 5.73 Å². The van der Waals surface area contributed by atoms with E-state index in [4.69, 9.17) is 5.73 Å². The Kier molecular flexibility index (Phi) is 5.39. The van der Waals surface area contributed by atoms with Crippen LogP contribution in [0, 0.1) is 5.92 Å². The van der Waals surface area contributed by atoms with Crippen LogP contribution in [0.15, 0.2) is 35.5 Å². The molecular weight excluding hydrogens is 374 g/mol. The first-order chi connectivity index (χ1) is 13.5. The average Bonchev–Trinajstić information content (AvgIpc) is 3.48. The van der Waals surface area contributed by atoms with Gasteiger partial charge in [-0.25, -0.2) is 0 Å². The zero-order valence-electron chi connectivity index (χ0n) is 16.0. The molecule has 2 N–H and O–H groups in total. The predicted molar refractivity (Wildman–Crippen MR) is 107 cm³/mol. The lowest BCUT2D eigenvalue weighted by Gasteiger charge is -2.32. The second-order valence-corrected chi connectivity index (χ2v) is 8.88. The maximum atomic E-state index is 13.0. The lowest BCUT2D eigenvalue weighted by Crippen LogP contribution is -2.46. The van der Waals surface area contributed by atoms with E-state index in [1.165, 1.54) is 11.8 Å². The van der Waals surface area contributed by atoms with Crippen molar-refractivity contribution in [2.24, 2.45) is 11.7 Å². The number of carbonyl (C=O) groups excluding carboxylic acids is 2. The molecule has 148 valence electrons. The molecule has 1 aliphatic heterocycles. The predicted octanol–water partition coefficient (Wildman–Crippen LogP) is 2.35. The van der Waals surface area contributed by atoms with Gasteiger partial charge in [-0.05, 0) is 44.7 Å². The summed E-state index contributed by atoms with van der Waals surface area (Å²) in [5.74, 6) is 0.873. The Balaban J connectivity index is 1.52. The van der Waals surface area contributed by atoms with Crippen molar-refractivity contribution in [1.82, 2.24) is 19.7 Å². The third-order valence-electron chi connectivity index (χ3n) is 5.38. The van der Waals surface area contributed by atoms with E-state index < -0.39 is 0 Å². The van der Waals surface area contributed by atoms with Crippen molar-refractivity contribution in [2.75, 3.05) is 13.1 Å². The molecule has 2 heterocycles. The number of nitrogens with zero attached hydrogens (tertiary/aromatic N) is 4. The van der Waals surface area contributed by atoms with E-state index in [2.05, 4.69) is 14.8 Å². The summed E-state index contributed by atoms with van der Waals surface area (Å²) in [5.41, 5.74) is 6.46. The second kappa shape index (κ2) is 7.95. The van der Waals surface area contributed by atoms with Gasteiger partial charge in [-0.2, -0.15) is 0 Å². The normalized spacial score (nSPS) is 20.8. The molecule has 7 nitrogen and oxygen atoms in total. The highest BCUT2D eigenvalue weighted by Gasteiger charge is 2.33. The molecule has 2 unspecified atom stereocenters. The fraction of sp³-hybridized carbons (Fsp3) is 0.500. The van der Waals surface area contributed by atoms with E-state index in [0.29, 0.717) is 19.0 Å². The molecule has 28 heavy (non-hydrogen) atoms. The number of likely N-dealkylation sites (tertiary alicyclic amines) is 1. The summed E-state index contributed by atoms with van der Waals surface area (Å²) in [5, 5.41) is 9.24. The molecule has 0 radical (unpaired) electrons. The standard InChI is InChI=1S/C20H25N5O2S/c1-13(19(27)24-11-5-6-15(12-24)17(21)26)28-20-23-22-18(14-9-10-14)25(20)16-7-3-2-4-8-16/h2-4,7-8,13-15H,5-6,9-12H2,1H3,(H2,21,26). The number of primary amides is 1. The van der Waals surface area contributed by atoms with Crippen LogP contribution in [0.3, 0.4) is 0 Å². The monoisotopic (exact) mass is 399 g/mol. The molecule has 4 rings (SSSR count). The summed E-state index contributed by atoms with van der Waals surface area (Å²) in [4.78, 5) is 26.2. The summed E-state index contributed by atoms with van der Waals surface area (Å²) < 4.78 is 2.08.